The second-order valence-corrected chi connectivity index (χ2v) is 8.58. The molecule has 0 saturated heterocycles. The minimum Gasteiger partial charge on any atom is -0.229 e. The Labute approximate surface area is 174 Å². The monoisotopic (exact) mass is 436 g/mol. The van der Waals surface area contributed by atoms with Crippen molar-refractivity contribution in [2.24, 2.45) is 0 Å². The SMILES string of the molecule is Clc1ccc(-c2csc3ncnc(SCc4c(Cl)cccc4Cl)c23)cc1. The molecule has 4 aromatic rings. The molecule has 0 aliphatic rings. The van der Waals surface area contributed by atoms with E-state index in [1.165, 1.54) is 0 Å². The highest BCUT2D eigenvalue weighted by Gasteiger charge is 2.15. The number of rotatable bonds is 4. The third-order valence-corrected chi connectivity index (χ3v) is 6.77. The highest BCUT2D eigenvalue weighted by atomic mass is 35.5. The van der Waals surface area contributed by atoms with Crippen molar-refractivity contribution >= 4 is 68.1 Å². The number of nitrogens with zero attached hydrogens (tertiary/aromatic N) is 2. The number of thioether (sulfide) groups is 1. The van der Waals surface area contributed by atoms with Crippen LogP contribution < -0.4 is 0 Å². The molecule has 7 heteroatoms. The summed E-state index contributed by atoms with van der Waals surface area (Å²) in [7, 11) is 0. The lowest BCUT2D eigenvalue weighted by Crippen LogP contribution is -1.89. The van der Waals surface area contributed by atoms with E-state index in [9.17, 15) is 0 Å². The van der Waals surface area contributed by atoms with Crippen LogP contribution in [0.2, 0.25) is 15.1 Å². The van der Waals surface area contributed by atoms with Gasteiger partial charge in [-0.25, -0.2) is 9.97 Å². The average Bonchev–Trinajstić information content (AvgIpc) is 3.07. The van der Waals surface area contributed by atoms with E-state index in [-0.39, 0.29) is 0 Å². The normalized spacial score (nSPS) is 11.2. The molecule has 2 heterocycles. The van der Waals surface area contributed by atoms with E-state index in [4.69, 9.17) is 34.8 Å². The van der Waals surface area contributed by atoms with Gasteiger partial charge in [0.25, 0.3) is 0 Å². The Balaban J connectivity index is 1.74. The van der Waals surface area contributed by atoms with Crippen LogP contribution in [0.1, 0.15) is 5.56 Å². The molecule has 0 unspecified atom stereocenters. The fourth-order valence-corrected chi connectivity index (χ4v) is 5.47. The molecule has 2 aromatic heterocycles. The highest BCUT2D eigenvalue weighted by Crippen LogP contribution is 2.40. The van der Waals surface area contributed by atoms with Gasteiger partial charge in [0.1, 0.15) is 16.2 Å². The van der Waals surface area contributed by atoms with E-state index in [2.05, 4.69) is 15.3 Å². The van der Waals surface area contributed by atoms with E-state index >= 15 is 0 Å². The van der Waals surface area contributed by atoms with Gasteiger partial charge in [-0.2, -0.15) is 0 Å². The molecule has 0 spiro atoms. The van der Waals surface area contributed by atoms with Gasteiger partial charge >= 0.3 is 0 Å². The topological polar surface area (TPSA) is 25.8 Å². The van der Waals surface area contributed by atoms with Gasteiger partial charge in [0.05, 0.1) is 5.39 Å². The average molecular weight is 438 g/mol. The fourth-order valence-electron chi connectivity index (χ4n) is 2.61. The van der Waals surface area contributed by atoms with Crippen LogP contribution >= 0.6 is 57.9 Å². The lowest BCUT2D eigenvalue weighted by molar-refractivity contribution is 1.11. The van der Waals surface area contributed by atoms with Crippen molar-refractivity contribution in [2.75, 3.05) is 0 Å². The summed E-state index contributed by atoms with van der Waals surface area (Å²) in [5.41, 5.74) is 3.11. The smallest absolute Gasteiger partial charge is 0.128 e. The second-order valence-electron chi connectivity index (χ2n) is 5.50. The Bertz CT molecular complexity index is 1060. The van der Waals surface area contributed by atoms with Crippen LogP contribution in [0.3, 0.4) is 0 Å². The van der Waals surface area contributed by atoms with Crippen molar-refractivity contribution in [3.05, 3.63) is 74.8 Å². The molecular weight excluding hydrogens is 427 g/mol. The molecule has 0 saturated carbocycles. The minimum atomic E-state index is 0.639. The second kappa shape index (κ2) is 7.75. The van der Waals surface area contributed by atoms with Gasteiger partial charge in [0.2, 0.25) is 0 Å². The van der Waals surface area contributed by atoms with Crippen LogP contribution in [0, 0.1) is 0 Å². The first-order valence-corrected chi connectivity index (χ1v) is 10.7. The zero-order valence-electron chi connectivity index (χ0n) is 13.2. The van der Waals surface area contributed by atoms with Crippen molar-refractivity contribution in [3.63, 3.8) is 0 Å². The van der Waals surface area contributed by atoms with E-state index in [1.54, 1.807) is 29.4 Å². The number of thiophene rings is 1. The first kappa shape index (κ1) is 18.1. The lowest BCUT2D eigenvalue weighted by Gasteiger charge is -2.08. The Hall–Kier alpha value is -1.30. The largest absolute Gasteiger partial charge is 0.229 e. The van der Waals surface area contributed by atoms with E-state index < -0.39 is 0 Å². The molecule has 0 bridgehead atoms. The molecule has 4 rings (SSSR count). The zero-order chi connectivity index (χ0) is 18.1. The molecule has 130 valence electrons. The predicted molar refractivity (Wildman–Crippen MR) is 114 cm³/mol. The maximum Gasteiger partial charge on any atom is 0.128 e. The number of hydrogen-bond donors (Lipinski definition) is 0. The lowest BCUT2D eigenvalue weighted by atomic mass is 10.1. The van der Waals surface area contributed by atoms with Gasteiger partial charge in [0.15, 0.2) is 0 Å². The summed E-state index contributed by atoms with van der Waals surface area (Å²) in [5.74, 6) is 0.639. The zero-order valence-corrected chi connectivity index (χ0v) is 17.1. The van der Waals surface area contributed by atoms with Gasteiger partial charge < -0.3 is 0 Å². The summed E-state index contributed by atoms with van der Waals surface area (Å²) in [6.45, 7) is 0. The quantitative estimate of drug-likeness (QED) is 0.243. The van der Waals surface area contributed by atoms with Crippen LogP contribution in [0.5, 0.6) is 0 Å². The summed E-state index contributed by atoms with van der Waals surface area (Å²) in [4.78, 5) is 9.87. The Morgan fingerprint density at radius 3 is 2.38 bits per heavy atom. The van der Waals surface area contributed by atoms with Crippen molar-refractivity contribution in [3.8, 4) is 11.1 Å². The van der Waals surface area contributed by atoms with E-state index in [1.807, 2.05) is 42.5 Å². The van der Waals surface area contributed by atoms with Gasteiger partial charge in [-0.05, 0) is 35.4 Å². The molecule has 0 fully saturated rings. The van der Waals surface area contributed by atoms with Crippen molar-refractivity contribution in [2.45, 2.75) is 10.8 Å². The van der Waals surface area contributed by atoms with Crippen LogP contribution in [-0.2, 0) is 5.75 Å². The van der Waals surface area contributed by atoms with Gasteiger partial charge in [-0.1, -0.05) is 53.0 Å². The Morgan fingerprint density at radius 1 is 0.923 bits per heavy atom. The van der Waals surface area contributed by atoms with Gasteiger partial charge in [0, 0.05) is 31.8 Å². The van der Waals surface area contributed by atoms with Gasteiger partial charge in [-0.3, -0.25) is 0 Å². The molecule has 0 aliphatic carbocycles. The number of hydrogen-bond acceptors (Lipinski definition) is 4. The summed E-state index contributed by atoms with van der Waals surface area (Å²) in [6.07, 6.45) is 1.60. The predicted octanol–water partition coefficient (Wildman–Crippen LogP) is 7.61. The van der Waals surface area contributed by atoms with E-state index in [0.29, 0.717) is 20.8 Å². The third kappa shape index (κ3) is 3.57. The molecule has 0 radical (unpaired) electrons. The fraction of sp³-hybridized carbons (Fsp3) is 0.0526. The van der Waals surface area contributed by atoms with Crippen molar-refractivity contribution in [1.29, 1.82) is 0 Å². The van der Waals surface area contributed by atoms with Crippen LogP contribution in [0.4, 0.5) is 0 Å². The number of halogens is 3. The maximum absolute atomic E-state index is 6.29. The summed E-state index contributed by atoms with van der Waals surface area (Å²) in [6, 6.07) is 13.3. The molecular formula is C19H11Cl3N2S2. The molecule has 2 aromatic carbocycles. The Kier molecular flexibility index (Phi) is 5.39. The highest BCUT2D eigenvalue weighted by molar-refractivity contribution is 7.98. The molecule has 2 nitrogen and oxygen atoms in total. The minimum absolute atomic E-state index is 0.639. The molecule has 0 atom stereocenters. The summed E-state index contributed by atoms with van der Waals surface area (Å²) < 4.78 is 0. The van der Waals surface area contributed by atoms with E-state index in [0.717, 1.165) is 31.9 Å². The van der Waals surface area contributed by atoms with Crippen LogP contribution in [0.15, 0.2) is 59.2 Å². The maximum atomic E-state index is 6.29. The first-order valence-electron chi connectivity index (χ1n) is 7.67. The van der Waals surface area contributed by atoms with Crippen LogP contribution in [0.25, 0.3) is 21.3 Å². The molecule has 0 amide bonds. The standard InChI is InChI=1S/C19H11Cl3N2S2/c20-12-6-4-11(5-7-12)13-8-25-18-17(13)19(24-10-23-18)26-9-14-15(21)2-1-3-16(14)22/h1-8,10H,9H2. The third-order valence-electron chi connectivity index (χ3n) is 3.91. The van der Waals surface area contributed by atoms with Crippen molar-refractivity contribution < 1.29 is 0 Å². The number of benzene rings is 2. The van der Waals surface area contributed by atoms with Gasteiger partial charge in [-0.15, -0.1) is 23.1 Å². The molecule has 0 aliphatic heterocycles. The molecule has 26 heavy (non-hydrogen) atoms. The summed E-state index contributed by atoms with van der Waals surface area (Å²) in [5, 5.41) is 6.12. The number of aromatic nitrogens is 2. The Morgan fingerprint density at radius 2 is 1.65 bits per heavy atom. The number of fused-ring (bicyclic) bond motifs is 1. The first-order chi connectivity index (χ1) is 12.6. The summed E-state index contributed by atoms with van der Waals surface area (Å²) >= 11 is 21.8. The van der Waals surface area contributed by atoms with Crippen molar-refractivity contribution in [1.82, 2.24) is 9.97 Å². The molecule has 0 N–H and O–H groups in total. The van der Waals surface area contributed by atoms with Crippen LogP contribution in [-0.4, -0.2) is 9.97 Å².